The van der Waals surface area contributed by atoms with Gasteiger partial charge in [-0.05, 0) is 6.07 Å². The van der Waals surface area contributed by atoms with Crippen LogP contribution in [0.3, 0.4) is 0 Å². The molecule has 0 unspecified atom stereocenters. The molecule has 0 amide bonds. The van der Waals surface area contributed by atoms with Gasteiger partial charge in [-0.15, -0.1) is 0 Å². The van der Waals surface area contributed by atoms with Gasteiger partial charge in [0.05, 0.1) is 24.6 Å². The fourth-order valence-corrected chi connectivity index (χ4v) is 1.72. The van der Waals surface area contributed by atoms with Crippen LogP contribution in [0.1, 0.15) is 30.7 Å². The molecular weight excluding hydrogens is 271 g/mol. The first-order valence-corrected chi connectivity index (χ1v) is 6.24. The van der Waals surface area contributed by atoms with Gasteiger partial charge in [-0.2, -0.15) is 18.3 Å². The first kappa shape index (κ1) is 14.6. The zero-order valence-electron chi connectivity index (χ0n) is 11.2. The molecule has 0 aromatic carbocycles. The monoisotopic (exact) mass is 287 g/mol. The average Bonchev–Trinajstić information content (AvgIpc) is 2.95. The van der Waals surface area contributed by atoms with Crippen LogP contribution in [-0.4, -0.2) is 15.8 Å². The van der Waals surface area contributed by atoms with Crippen molar-refractivity contribution in [3.8, 4) is 0 Å². The summed E-state index contributed by atoms with van der Waals surface area (Å²) in [6.45, 7) is 4.82. The van der Waals surface area contributed by atoms with E-state index in [0.29, 0.717) is 18.3 Å². The quantitative estimate of drug-likeness (QED) is 0.919. The highest BCUT2D eigenvalue weighted by molar-refractivity contribution is 5.18. The van der Waals surface area contributed by atoms with Gasteiger partial charge in [0.2, 0.25) is 0 Å². The molecule has 0 spiro atoms. The van der Waals surface area contributed by atoms with Crippen molar-refractivity contribution in [2.24, 2.45) is 0 Å². The summed E-state index contributed by atoms with van der Waals surface area (Å²) in [5, 5.41) is 6.94. The van der Waals surface area contributed by atoms with Gasteiger partial charge in [0, 0.05) is 24.3 Å². The minimum absolute atomic E-state index is 0.179. The van der Waals surface area contributed by atoms with Crippen LogP contribution in [0.2, 0.25) is 0 Å². The Labute approximate surface area is 114 Å². The topological polar surface area (TPSA) is 43.0 Å². The number of furan rings is 1. The van der Waals surface area contributed by atoms with Gasteiger partial charge in [-0.1, -0.05) is 13.8 Å². The highest BCUT2D eigenvalue weighted by Gasteiger charge is 2.32. The van der Waals surface area contributed by atoms with Crippen molar-refractivity contribution < 1.29 is 17.6 Å². The summed E-state index contributed by atoms with van der Waals surface area (Å²) >= 11 is 0. The molecule has 110 valence electrons. The largest absolute Gasteiger partial charge is 0.467 e. The molecule has 0 aliphatic carbocycles. The minimum atomic E-state index is -4.37. The number of rotatable bonds is 5. The van der Waals surface area contributed by atoms with Crippen molar-refractivity contribution >= 4 is 0 Å². The van der Waals surface area contributed by atoms with E-state index in [-0.39, 0.29) is 6.54 Å². The van der Waals surface area contributed by atoms with E-state index in [1.165, 1.54) is 10.9 Å². The molecule has 0 aliphatic rings. The van der Waals surface area contributed by atoms with E-state index >= 15 is 0 Å². The molecule has 4 nitrogen and oxygen atoms in total. The maximum absolute atomic E-state index is 12.5. The number of hydrogen-bond donors (Lipinski definition) is 1. The summed E-state index contributed by atoms with van der Waals surface area (Å²) in [6, 6.07) is 2.12. The highest BCUT2D eigenvalue weighted by Crippen LogP contribution is 2.28. The van der Waals surface area contributed by atoms with E-state index in [2.05, 4.69) is 10.4 Å². The average molecular weight is 287 g/mol. The van der Waals surface area contributed by atoms with Crippen LogP contribution in [0.15, 0.2) is 29.1 Å². The lowest BCUT2D eigenvalue weighted by Gasteiger charge is -2.08. The Hall–Kier alpha value is -1.76. The van der Waals surface area contributed by atoms with Crippen LogP contribution in [0.4, 0.5) is 13.2 Å². The summed E-state index contributed by atoms with van der Waals surface area (Å²) in [4.78, 5) is 0. The van der Waals surface area contributed by atoms with Gasteiger partial charge in [0.25, 0.3) is 0 Å². The molecule has 0 fully saturated rings. The number of hydrogen-bond acceptors (Lipinski definition) is 3. The second-order valence-corrected chi connectivity index (χ2v) is 4.83. The molecule has 2 heterocycles. The summed E-state index contributed by atoms with van der Waals surface area (Å²) in [7, 11) is 0. The lowest BCUT2D eigenvalue weighted by molar-refractivity contribution is -0.137. The third-order valence-corrected chi connectivity index (χ3v) is 2.80. The summed E-state index contributed by atoms with van der Waals surface area (Å²) < 4.78 is 44.0. The molecule has 2 aromatic heterocycles. The van der Waals surface area contributed by atoms with Crippen molar-refractivity contribution in [3.63, 3.8) is 0 Å². The molecule has 0 saturated heterocycles. The van der Waals surface area contributed by atoms with E-state index < -0.39 is 11.7 Å². The zero-order chi connectivity index (χ0) is 14.8. The fourth-order valence-electron chi connectivity index (χ4n) is 1.72. The Bertz CT molecular complexity index is 557. The lowest BCUT2D eigenvalue weighted by Crippen LogP contribution is -2.22. The minimum Gasteiger partial charge on any atom is -0.467 e. The van der Waals surface area contributed by atoms with Crippen LogP contribution in [-0.2, 0) is 19.3 Å². The Morgan fingerprint density at radius 1 is 1.40 bits per heavy atom. The molecule has 2 rings (SSSR count). The molecule has 0 bridgehead atoms. The first-order valence-electron chi connectivity index (χ1n) is 6.24. The van der Waals surface area contributed by atoms with Crippen molar-refractivity contribution in [2.75, 3.05) is 0 Å². The van der Waals surface area contributed by atoms with Crippen LogP contribution < -0.4 is 5.32 Å². The Morgan fingerprint density at radius 3 is 2.75 bits per heavy atom. The third kappa shape index (κ3) is 3.63. The molecule has 0 atom stereocenters. The second-order valence-electron chi connectivity index (χ2n) is 4.83. The van der Waals surface area contributed by atoms with Crippen LogP contribution in [0.5, 0.6) is 0 Å². The van der Waals surface area contributed by atoms with Gasteiger partial charge in [0.15, 0.2) is 0 Å². The maximum Gasteiger partial charge on any atom is 0.419 e. The van der Waals surface area contributed by atoms with Gasteiger partial charge < -0.3 is 9.73 Å². The number of nitrogens with zero attached hydrogens (tertiary/aromatic N) is 2. The van der Waals surface area contributed by atoms with Crippen molar-refractivity contribution in [1.29, 1.82) is 0 Å². The molecule has 7 heteroatoms. The lowest BCUT2D eigenvalue weighted by atomic mass is 10.2. The van der Waals surface area contributed by atoms with E-state index in [0.717, 1.165) is 18.0 Å². The Morgan fingerprint density at radius 2 is 2.15 bits per heavy atom. The first-order chi connectivity index (χ1) is 9.36. The fraction of sp³-hybridized carbons (Fsp3) is 0.462. The molecule has 0 saturated carbocycles. The van der Waals surface area contributed by atoms with Crippen LogP contribution in [0, 0.1) is 0 Å². The van der Waals surface area contributed by atoms with Crippen LogP contribution in [0.25, 0.3) is 0 Å². The predicted octanol–water partition coefficient (Wildman–Crippen LogP) is 3.04. The van der Waals surface area contributed by atoms with E-state index in [1.807, 2.05) is 13.8 Å². The van der Waals surface area contributed by atoms with E-state index in [9.17, 15) is 13.2 Å². The zero-order valence-corrected chi connectivity index (χ0v) is 11.2. The van der Waals surface area contributed by atoms with Gasteiger partial charge in [-0.25, -0.2) is 0 Å². The van der Waals surface area contributed by atoms with Crippen molar-refractivity contribution in [2.45, 2.75) is 39.2 Å². The Kier molecular flexibility index (Phi) is 4.17. The number of aromatic nitrogens is 2. The third-order valence-electron chi connectivity index (χ3n) is 2.80. The Balaban J connectivity index is 2.07. The second kappa shape index (κ2) is 5.70. The number of nitrogens with one attached hydrogen (secondary N) is 1. The highest BCUT2D eigenvalue weighted by atomic mass is 19.4. The molecular formula is C13H16F3N3O. The van der Waals surface area contributed by atoms with Crippen molar-refractivity contribution in [1.82, 2.24) is 15.1 Å². The summed E-state index contributed by atoms with van der Waals surface area (Å²) in [6.07, 6.45) is -1.05. The summed E-state index contributed by atoms with van der Waals surface area (Å²) in [5.41, 5.74) is 0.161. The molecule has 20 heavy (non-hydrogen) atoms. The molecule has 2 aromatic rings. The normalized spacial score (nSPS) is 12.3. The van der Waals surface area contributed by atoms with E-state index in [4.69, 9.17) is 4.42 Å². The molecule has 0 radical (unpaired) electrons. The van der Waals surface area contributed by atoms with Gasteiger partial charge >= 0.3 is 6.18 Å². The number of halogens is 3. The van der Waals surface area contributed by atoms with Gasteiger partial charge in [0.1, 0.15) is 5.76 Å². The number of alkyl halides is 3. The molecule has 1 N–H and O–H groups in total. The van der Waals surface area contributed by atoms with Crippen molar-refractivity contribution in [3.05, 3.63) is 41.6 Å². The smallest absolute Gasteiger partial charge is 0.419 e. The van der Waals surface area contributed by atoms with Gasteiger partial charge in [-0.3, -0.25) is 4.68 Å². The predicted molar refractivity (Wildman–Crippen MR) is 67.0 cm³/mol. The van der Waals surface area contributed by atoms with Crippen LogP contribution >= 0.6 is 0 Å². The standard InChI is InChI=1S/C13H16F3N3O/c1-9(2)17-5-10-3-4-20-12(10)8-19-7-11(6-18-19)13(14,15)16/h3-4,6-7,9,17H,5,8H2,1-2H3. The maximum atomic E-state index is 12.5. The SMILES string of the molecule is CC(C)NCc1ccoc1Cn1cc(C(F)(F)F)cn1. The molecule has 0 aliphatic heterocycles. The summed E-state index contributed by atoms with van der Waals surface area (Å²) in [5.74, 6) is 0.606. The van der Waals surface area contributed by atoms with E-state index in [1.54, 1.807) is 6.07 Å².